The van der Waals surface area contributed by atoms with Crippen LogP contribution in [0.25, 0.3) is 0 Å². The van der Waals surface area contributed by atoms with Crippen molar-refractivity contribution in [2.24, 2.45) is 29.1 Å². The van der Waals surface area contributed by atoms with Gasteiger partial charge < -0.3 is 4.74 Å². The largest absolute Gasteiger partial charge is 0.469 e. The normalized spacial score (nSPS) is 43.9. The van der Waals surface area contributed by atoms with Gasteiger partial charge in [-0.25, -0.2) is 0 Å². The zero-order valence-corrected chi connectivity index (χ0v) is 10.9. The van der Waals surface area contributed by atoms with Gasteiger partial charge in [-0.15, -0.1) is 0 Å². The van der Waals surface area contributed by atoms with Crippen molar-refractivity contribution >= 4 is 11.8 Å². The van der Waals surface area contributed by atoms with Crippen LogP contribution in [0.2, 0.25) is 0 Å². The monoisotopic (exact) mass is 236 g/mol. The molecule has 2 bridgehead atoms. The fourth-order valence-corrected chi connectivity index (χ4v) is 4.08. The van der Waals surface area contributed by atoms with Gasteiger partial charge in [0, 0.05) is 11.3 Å². The Morgan fingerprint density at radius 2 is 2.12 bits per heavy atom. The number of ketones is 1. The lowest BCUT2D eigenvalue weighted by Gasteiger charge is -2.33. The second kappa shape index (κ2) is 3.69. The molecular weight excluding hydrogens is 216 g/mol. The summed E-state index contributed by atoms with van der Waals surface area (Å²) < 4.78 is 4.88. The predicted molar refractivity (Wildman–Crippen MR) is 64.2 cm³/mol. The van der Waals surface area contributed by atoms with Crippen molar-refractivity contribution in [3.05, 3.63) is 12.2 Å². The van der Waals surface area contributed by atoms with Gasteiger partial charge in [0.2, 0.25) is 0 Å². The lowest BCUT2D eigenvalue weighted by Crippen LogP contribution is -2.39. The summed E-state index contributed by atoms with van der Waals surface area (Å²) in [4.78, 5) is 24.3. The predicted octanol–water partition coefficient (Wildman–Crippen LogP) is 2.21. The number of ether oxygens (including phenoxy) is 1. The molecule has 0 aromatic carbocycles. The Balaban J connectivity index is 2.47. The van der Waals surface area contributed by atoms with E-state index in [1.807, 2.05) is 20.8 Å². The summed E-state index contributed by atoms with van der Waals surface area (Å²) in [6.45, 7) is 9.77. The summed E-state index contributed by atoms with van der Waals surface area (Å²) in [6, 6.07) is 0. The summed E-state index contributed by atoms with van der Waals surface area (Å²) in [5, 5.41) is 0. The molecule has 2 saturated carbocycles. The average molecular weight is 236 g/mol. The molecule has 0 saturated heterocycles. The third-order valence-electron chi connectivity index (χ3n) is 4.94. The Morgan fingerprint density at radius 3 is 2.59 bits per heavy atom. The molecule has 5 atom stereocenters. The summed E-state index contributed by atoms with van der Waals surface area (Å²) in [5.41, 5.74) is 0.410. The SMILES string of the molecule is C=C(C)C1CC2C(C(=O)OC)[C@]1(C)C(=O)[C@H]2C. The van der Waals surface area contributed by atoms with Crippen LogP contribution >= 0.6 is 0 Å². The second-order valence-corrected chi connectivity index (χ2v) is 5.73. The Kier molecular flexibility index (Phi) is 2.68. The molecule has 0 aromatic rings. The van der Waals surface area contributed by atoms with Gasteiger partial charge in [0.25, 0.3) is 0 Å². The second-order valence-electron chi connectivity index (χ2n) is 5.73. The van der Waals surface area contributed by atoms with Crippen molar-refractivity contribution in [2.75, 3.05) is 7.11 Å². The van der Waals surface area contributed by atoms with E-state index in [1.54, 1.807) is 0 Å². The van der Waals surface area contributed by atoms with Crippen molar-refractivity contribution in [3.63, 3.8) is 0 Å². The van der Waals surface area contributed by atoms with Gasteiger partial charge in [-0.05, 0) is 25.2 Å². The minimum absolute atomic E-state index is 0.0281. The number of hydrogen-bond donors (Lipinski definition) is 0. The van der Waals surface area contributed by atoms with Crippen LogP contribution in [0, 0.1) is 29.1 Å². The number of Topliss-reactive ketones (excluding diaryl/α,β-unsaturated/α-hetero) is 1. The van der Waals surface area contributed by atoms with Crippen molar-refractivity contribution in [2.45, 2.75) is 27.2 Å². The molecular formula is C14H20O3. The first kappa shape index (κ1) is 12.3. The number of hydrogen-bond acceptors (Lipinski definition) is 3. The third-order valence-corrected chi connectivity index (χ3v) is 4.94. The zero-order chi connectivity index (χ0) is 13.0. The highest BCUT2D eigenvalue weighted by Crippen LogP contribution is 2.63. The molecule has 0 aromatic heterocycles. The van der Waals surface area contributed by atoms with E-state index in [1.165, 1.54) is 7.11 Å². The molecule has 2 aliphatic carbocycles. The Morgan fingerprint density at radius 1 is 1.53 bits per heavy atom. The van der Waals surface area contributed by atoms with Crippen LogP contribution < -0.4 is 0 Å². The number of carbonyl (C=O) groups is 2. The first-order chi connectivity index (χ1) is 7.85. The Bertz CT molecular complexity index is 398. The van der Waals surface area contributed by atoms with Crippen LogP contribution in [0.1, 0.15) is 27.2 Å². The number of rotatable bonds is 2. The number of allylic oxidation sites excluding steroid dienone is 1. The van der Waals surface area contributed by atoms with Crippen molar-refractivity contribution < 1.29 is 14.3 Å². The number of fused-ring (bicyclic) bond motifs is 2. The van der Waals surface area contributed by atoms with Crippen LogP contribution in [0.5, 0.6) is 0 Å². The van der Waals surface area contributed by atoms with Gasteiger partial charge in [-0.1, -0.05) is 26.0 Å². The Hall–Kier alpha value is -1.12. The van der Waals surface area contributed by atoms with E-state index in [4.69, 9.17) is 4.74 Å². The lowest BCUT2D eigenvalue weighted by molar-refractivity contribution is -0.151. The fraction of sp³-hybridized carbons (Fsp3) is 0.714. The van der Waals surface area contributed by atoms with Crippen molar-refractivity contribution in [3.8, 4) is 0 Å². The number of carbonyl (C=O) groups excluding carboxylic acids is 2. The van der Waals surface area contributed by atoms with Crippen molar-refractivity contribution in [1.29, 1.82) is 0 Å². The van der Waals surface area contributed by atoms with Crippen LogP contribution in [0.4, 0.5) is 0 Å². The average Bonchev–Trinajstić information content (AvgIpc) is 2.68. The van der Waals surface area contributed by atoms with E-state index >= 15 is 0 Å². The molecule has 94 valence electrons. The highest BCUT2D eigenvalue weighted by atomic mass is 16.5. The molecule has 0 N–H and O–H groups in total. The summed E-state index contributed by atoms with van der Waals surface area (Å²) in [5.74, 6) is -0.0885. The van der Waals surface area contributed by atoms with Gasteiger partial charge in [-0.3, -0.25) is 9.59 Å². The van der Waals surface area contributed by atoms with E-state index in [0.717, 1.165) is 12.0 Å². The molecule has 17 heavy (non-hydrogen) atoms. The van der Waals surface area contributed by atoms with Gasteiger partial charge in [-0.2, -0.15) is 0 Å². The van der Waals surface area contributed by atoms with E-state index in [2.05, 4.69) is 6.58 Å². The van der Waals surface area contributed by atoms with E-state index in [9.17, 15) is 9.59 Å². The molecule has 2 rings (SSSR count). The molecule has 0 aliphatic heterocycles. The van der Waals surface area contributed by atoms with E-state index in [0.29, 0.717) is 0 Å². The van der Waals surface area contributed by atoms with Crippen LogP contribution in [-0.2, 0) is 14.3 Å². The molecule has 3 unspecified atom stereocenters. The summed E-state index contributed by atoms with van der Waals surface area (Å²) in [6.07, 6.45) is 0.887. The molecule has 0 amide bonds. The maximum absolute atomic E-state index is 12.4. The summed E-state index contributed by atoms with van der Waals surface area (Å²) in [7, 11) is 1.40. The lowest BCUT2D eigenvalue weighted by atomic mass is 9.68. The Labute approximate surface area is 102 Å². The van der Waals surface area contributed by atoms with Crippen LogP contribution in [-0.4, -0.2) is 18.9 Å². The molecule has 2 fully saturated rings. The zero-order valence-electron chi connectivity index (χ0n) is 10.9. The minimum atomic E-state index is -0.594. The highest BCUT2D eigenvalue weighted by molar-refractivity contribution is 5.97. The smallest absolute Gasteiger partial charge is 0.309 e. The first-order valence-corrected chi connectivity index (χ1v) is 6.13. The highest BCUT2D eigenvalue weighted by Gasteiger charge is 2.67. The van der Waals surface area contributed by atoms with Gasteiger partial charge in [0.1, 0.15) is 5.78 Å². The van der Waals surface area contributed by atoms with Gasteiger partial charge >= 0.3 is 5.97 Å². The van der Waals surface area contributed by atoms with E-state index < -0.39 is 5.41 Å². The van der Waals surface area contributed by atoms with Gasteiger partial charge in [0.05, 0.1) is 13.0 Å². The molecule has 0 spiro atoms. The van der Waals surface area contributed by atoms with Crippen molar-refractivity contribution in [1.82, 2.24) is 0 Å². The molecule has 3 nitrogen and oxygen atoms in total. The third kappa shape index (κ3) is 1.34. The molecule has 0 heterocycles. The topological polar surface area (TPSA) is 43.4 Å². The maximum Gasteiger partial charge on any atom is 0.309 e. The number of esters is 1. The molecule has 0 radical (unpaired) electrons. The van der Waals surface area contributed by atoms with Crippen LogP contribution in [0.3, 0.4) is 0 Å². The molecule has 2 aliphatic rings. The van der Waals surface area contributed by atoms with Gasteiger partial charge in [0.15, 0.2) is 0 Å². The standard InChI is InChI=1S/C14H20O3/c1-7(2)10-6-9-8(3)12(15)14(10,4)11(9)13(16)17-5/h8-11H,1,6H2,2-5H3/t8-,9?,10?,11?,14+/m0/s1. The van der Waals surface area contributed by atoms with Crippen LogP contribution in [0.15, 0.2) is 12.2 Å². The quantitative estimate of drug-likeness (QED) is 0.545. The fourth-order valence-electron chi connectivity index (χ4n) is 4.08. The number of methoxy groups -OCH3 is 1. The maximum atomic E-state index is 12.4. The minimum Gasteiger partial charge on any atom is -0.469 e. The summed E-state index contributed by atoms with van der Waals surface area (Å²) >= 11 is 0. The first-order valence-electron chi connectivity index (χ1n) is 6.13. The molecule has 3 heteroatoms. The van der Waals surface area contributed by atoms with E-state index in [-0.39, 0.29) is 35.4 Å².